The predicted molar refractivity (Wildman–Crippen MR) is 235 cm³/mol. The Bertz CT molecular complexity index is 2210. The van der Waals surface area contributed by atoms with E-state index in [0.717, 1.165) is 35.4 Å². The Hall–Kier alpha value is -4.56. The Kier molecular flexibility index (Phi) is 11.7. The van der Waals surface area contributed by atoms with Gasteiger partial charge in [-0.15, -0.1) is 0 Å². The van der Waals surface area contributed by atoms with Crippen molar-refractivity contribution in [1.82, 2.24) is 9.97 Å². The van der Waals surface area contributed by atoms with Crippen molar-refractivity contribution in [2.75, 3.05) is 0 Å². The van der Waals surface area contributed by atoms with Crippen molar-refractivity contribution in [1.29, 1.82) is 0 Å². The SMILES string of the molecule is CCCCC(CC)Cc1cc(-c2ccc3c(c2)C(c2ccc(C)cn2)(c2ccc(C)cn2)c2cc(C)ccc2-3)cc2c(CC(CC)CCCC)cc(C)cc12. The summed E-state index contributed by atoms with van der Waals surface area (Å²) in [7, 11) is 0. The van der Waals surface area contributed by atoms with Crippen LogP contribution in [0.1, 0.15) is 135 Å². The van der Waals surface area contributed by atoms with Crippen molar-refractivity contribution in [2.45, 2.75) is 125 Å². The Morgan fingerprint density at radius 1 is 0.491 bits per heavy atom. The zero-order valence-corrected chi connectivity index (χ0v) is 34.9. The quantitative estimate of drug-likeness (QED) is 0.105. The molecule has 2 atom stereocenters. The smallest absolute Gasteiger partial charge is 0.106 e. The van der Waals surface area contributed by atoms with Crippen LogP contribution in [0.4, 0.5) is 0 Å². The highest BCUT2D eigenvalue weighted by Gasteiger charge is 2.48. The normalized spacial score (nSPS) is 14.2. The lowest BCUT2D eigenvalue weighted by molar-refractivity contribution is 0.449. The van der Waals surface area contributed by atoms with Crippen LogP contribution in [0.3, 0.4) is 0 Å². The molecule has 2 heterocycles. The number of pyridine rings is 2. The number of benzene rings is 4. The standard InChI is InChI=1S/C53H62N2/c1-9-13-15-39(11-3)28-43-25-38(8)26-47-44(29-40(12-4)16-14-10-2)30-42(31-48(43)47)41-20-22-46-45-21-17-35(5)27-49(45)53(50(46)32-41,51-23-18-36(6)33-54-51)52-24-19-37(7)34-55-52/h17-27,30-34,39-40H,9-16,28-29H2,1-8H3. The molecular formula is C53H62N2. The molecule has 4 aromatic carbocycles. The molecule has 0 radical (unpaired) electrons. The predicted octanol–water partition coefficient (Wildman–Crippen LogP) is 14.4. The minimum absolute atomic E-state index is 0.642. The Morgan fingerprint density at radius 3 is 1.56 bits per heavy atom. The van der Waals surface area contributed by atoms with Gasteiger partial charge in [0.05, 0.1) is 11.4 Å². The Morgan fingerprint density at radius 2 is 1.02 bits per heavy atom. The average Bonchev–Trinajstić information content (AvgIpc) is 3.47. The molecule has 0 spiro atoms. The number of unbranched alkanes of at least 4 members (excludes halogenated alkanes) is 2. The molecule has 0 bridgehead atoms. The second kappa shape index (κ2) is 16.7. The molecule has 0 aliphatic heterocycles. The van der Waals surface area contributed by atoms with Gasteiger partial charge in [-0.3, -0.25) is 9.97 Å². The van der Waals surface area contributed by atoms with Gasteiger partial charge >= 0.3 is 0 Å². The fourth-order valence-corrected chi connectivity index (χ4v) is 9.46. The lowest BCUT2D eigenvalue weighted by Gasteiger charge is -2.32. The van der Waals surface area contributed by atoms with Crippen molar-refractivity contribution < 1.29 is 0 Å². The van der Waals surface area contributed by atoms with Crippen LogP contribution in [-0.4, -0.2) is 9.97 Å². The summed E-state index contributed by atoms with van der Waals surface area (Å²) in [5.41, 5.74) is 17.0. The monoisotopic (exact) mass is 726 g/mol. The van der Waals surface area contributed by atoms with Gasteiger partial charge < -0.3 is 0 Å². The fraction of sp³-hybridized carbons (Fsp3) is 0.396. The van der Waals surface area contributed by atoms with E-state index in [2.05, 4.69) is 140 Å². The third kappa shape index (κ3) is 7.54. The second-order valence-corrected chi connectivity index (χ2v) is 16.9. The van der Waals surface area contributed by atoms with Gasteiger partial charge in [0.1, 0.15) is 5.41 Å². The van der Waals surface area contributed by atoms with Crippen LogP contribution >= 0.6 is 0 Å². The largest absolute Gasteiger partial charge is 0.259 e. The molecule has 0 fully saturated rings. The molecule has 0 saturated carbocycles. The molecule has 1 aliphatic rings. The molecule has 2 unspecified atom stereocenters. The van der Waals surface area contributed by atoms with E-state index in [1.165, 1.54) is 118 Å². The van der Waals surface area contributed by atoms with Crippen molar-refractivity contribution in [2.24, 2.45) is 11.8 Å². The minimum atomic E-state index is -0.642. The van der Waals surface area contributed by atoms with E-state index in [4.69, 9.17) is 9.97 Å². The van der Waals surface area contributed by atoms with E-state index >= 15 is 0 Å². The van der Waals surface area contributed by atoms with Crippen LogP contribution in [0.25, 0.3) is 33.0 Å². The first-order valence-electron chi connectivity index (χ1n) is 21.4. The van der Waals surface area contributed by atoms with E-state index in [1.54, 1.807) is 0 Å². The molecule has 0 saturated heterocycles. The first-order valence-corrected chi connectivity index (χ1v) is 21.4. The second-order valence-electron chi connectivity index (χ2n) is 16.9. The highest BCUT2D eigenvalue weighted by atomic mass is 14.8. The third-order valence-electron chi connectivity index (χ3n) is 12.7. The molecule has 0 N–H and O–H groups in total. The molecule has 2 aromatic heterocycles. The minimum Gasteiger partial charge on any atom is -0.259 e. The number of hydrogen-bond donors (Lipinski definition) is 0. The first kappa shape index (κ1) is 38.7. The Labute approximate surface area is 331 Å². The number of hydrogen-bond acceptors (Lipinski definition) is 2. The maximum Gasteiger partial charge on any atom is 0.106 e. The zero-order chi connectivity index (χ0) is 38.7. The molecule has 6 aromatic rings. The average molecular weight is 727 g/mol. The first-order chi connectivity index (χ1) is 26.7. The summed E-state index contributed by atoms with van der Waals surface area (Å²) in [5.74, 6) is 1.39. The number of aryl methyl sites for hydroxylation is 4. The van der Waals surface area contributed by atoms with E-state index < -0.39 is 5.41 Å². The summed E-state index contributed by atoms with van der Waals surface area (Å²) in [6.07, 6.45) is 16.5. The van der Waals surface area contributed by atoms with Crippen LogP contribution in [-0.2, 0) is 18.3 Å². The van der Waals surface area contributed by atoms with Gasteiger partial charge in [0.25, 0.3) is 0 Å². The van der Waals surface area contributed by atoms with Gasteiger partial charge in [0.15, 0.2) is 0 Å². The van der Waals surface area contributed by atoms with Crippen molar-refractivity contribution in [3.8, 4) is 22.3 Å². The van der Waals surface area contributed by atoms with Gasteiger partial charge in [-0.1, -0.05) is 151 Å². The van der Waals surface area contributed by atoms with Gasteiger partial charge in [-0.25, -0.2) is 0 Å². The van der Waals surface area contributed by atoms with Crippen LogP contribution in [0.2, 0.25) is 0 Å². The summed E-state index contributed by atoms with van der Waals surface area (Å²) in [6, 6.07) is 33.2. The molecular weight excluding hydrogens is 665 g/mol. The molecule has 2 nitrogen and oxygen atoms in total. The van der Waals surface area contributed by atoms with Gasteiger partial charge in [0.2, 0.25) is 0 Å². The molecule has 2 heteroatoms. The van der Waals surface area contributed by atoms with Gasteiger partial charge in [0, 0.05) is 12.4 Å². The number of fused-ring (bicyclic) bond motifs is 4. The maximum atomic E-state index is 5.22. The summed E-state index contributed by atoms with van der Waals surface area (Å²) < 4.78 is 0. The van der Waals surface area contributed by atoms with E-state index in [9.17, 15) is 0 Å². The van der Waals surface area contributed by atoms with E-state index in [-0.39, 0.29) is 0 Å². The third-order valence-corrected chi connectivity index (χ3v) is 12.7. The summed E-state index contributed by atoms with van der Waals surface area (Å²) in [5, 5.41) is 2.91. The highest BCUT2D eigenvalue weighted by molar-refractivity contribution is 5.95. The summed E-state index contributed by atoms with van der Waals surface area (Å²) >= 11 is 0. The van der Waals surface area contributed by atoms with Crippen molar-refractivity contribution >= 4 is 10.8 Å². The zero-order valence-electron chi connectivity index (χ0n) is 34.9. The van der Waals surface area contributed by atoms with Gasteiger partial charge in [-0.05, 0) is 143 Å². The van der Waals surface area contributed by atoms with Crippen LogP contribution in [0.15, 0.2) is 97.3 Å². The lowest BCUT2D eigenvalue weighted by Crippen LogP contribution is -2.31. The van der Waals surface area contributed by atoms with Crippen LogP contribution in [0, 0.1) is 39.5 Å². The summed E-state index contributed by atoms with van der Waals surface area (Å²) in [6.45, 7) is 18.2. The van der Waals surface area contributed by atoms with Crippen LogP contribution < -0.4 is 0 Å². The number of nitrogens with zero attached hydrogens (tertiary/aromatic N) is 2. The molecule has 1 aliphatic carbocycles. The number of aromatic nitrogens is 2. The maximum absolute atomic E-state index is 5.22. The van der Waals surface area contributed by atoms with E-state index in [1.807, 2.05) is 12.4 Å². The lowest BCUT2D eigenvalue weighted by atomic mass is 9.71. The Balaban J connectivity index is 1.48. The van der Waals surface area contributed by atoms with Crippen molar-refractivity contribution in [3.05, 3.63) is 153 Å². The van der Waals surface area contributed by atoms with E-state index in [0.29, 0.717) is 11.8 Å². The fourth-order valence-electron chi connectivity index (χ4n) is 9.46. The number of rotatable bonds is 15. The summed E-state index contributed by atoms with van der Waals surface area (Å²) in [4.78, 5) is 10.4. The van der Waals surface area contributed by atoms with Crippen molar-refractivity contribution in [3.63, 3.8) is 0 Å². The van der Waals surface area contributed by atoms with Gasteiger partial charge in [-0.2, -0.15) is 0 Å². The molecule has 7 rings (SSSR count). The topological polar surface area (TPSA) is 25.8 Å². The van der Waals surface area contributed by atoms with Crippen LogP contribution in [0.5, 0.6) is 0 Å². The molecule has 284 valence electrons. The molecule has 55 heavy (non-hydrogen) atoms. The highest BCUT2D eigenvalue weighted by Crippen LogP contribution is 2.56. The molecule has 0 amide bonds.